The summed E-state index contributed by atoms with van der Waals surface area (Å²) in [5.41, 5.74) is 3.00. The lowest BCUT2D eigenvalue weighted by molar-refractivity contribution is -0.137. The Morgan fingerprint density at radius 3 is 2.33 bits per heavy atom. The highest BCUT2D eigenvalue weighted by Crippen LogP contribution is 2.41. The van der Waals surface area contributed by atoms with Crippen LogP contribution in [0.4, 0.5) is 35.9 Å². The number of alkyl halides is 3. The van der Waals surface area contributed by atoms with Crippen molar-refractivity contribution in [3.8, 4) is 11.1 Å². The number of anilines is 4. The molecule has 45 heavy (non-hydrogen) atoms. The summed E-state index contributed by atoms with van der Waals surface area (Å²) >= 11 is 0. The van der Waals surface area contributed by atoms with Crippen molar-refractivity contribution in [2.45, 2.75) is 26.9 Å². The van der Waals surface area contributed by atoms with Crippen LogP contribution >= 0.6 is 12.4 Å². The third-order valence-corrected chi connectivity index (χ3v) is 7.75. The van der Waals surface area contributed by atoms with Crippen molar-refractivity contribution >= 4 is 62.9 Å². The fourth-order valence-electron chi connectivity index (χ4n) is 5.31. The first-order valence-electron chi connectivity index (χ1n) is 14.5. The molecule has 1 amide bonds. The molecule has 0 bridgehead atoms. The minimum atomic E-state index is -4.56. The molecule has 0 aliphatic carbocycles. The predicted octanol–water partition coefficient (Wildman–Crippen LogP) is 8.03. The van der Waals surface area contributed by atoms with E-state index < -0.39 is 17.2 Å². The number of carbonyl (C=O) groups excluding carboxylic acids is 1. The van der Waals surface area contributed by atoms with Gasteiger partial charge in [-0.05, 0) is 48.0 Å². The van der Waals surface area contributed by atoms with Gasteiger partial charge >= 0.3 is 6.18 Å². The van der Waals surface area contributed by atoms with Crippen LogP contribution in [0.5, 0.6) is 0 Å². The molecule has 1 fully saturated rings. The number of carbonyl (C=O) groups is 1. The van der Waals surface area contributed by atoms with E-state index in [1.807, 2.05) is 48.5 Å². The molecule has 6 rings (SSSR count). The van der Waals surface area contributed by atoms with Crippen molar-refractivity contribution in [1.82, 2.24) is 15.3 Å². The van der Waals surface area contributed by atoms with Gasteiger partial charge in [-0.3, -0.25) is 14.8 Å². The second-order valence-electron chi connectivity index (χ2n) is 12.0. The Bertz CT molecular complexity index is 1870. The van der Waals surface area contributed by atoms with Crippen molar-refractivity contribution in [3.05, 3.63) is 84.7 Å². The zero-order chi connectivity index (χ0) is 31.1. The van der Waals surface area contributed by atoms with Crippen LogP contribution in [-0.2, 0) is 11.0 Å². The number of halogens is 4. The summed E-state index contributed by atoms with van der Waals surface area (Å²) in [7, 11) is 0. The highest BCUT2D eigenvalue weighted by Gasteiger charge is 2.35. The first kappa shape index (κ1) is 32.0. The van der Waals surface area contributed by atoms with Crippen LogP contribution in [0.1, 0.15) is 26.3 Å². The van der Waals surface area contributed by atoms with Crippen LogP contribution < -0.4 is 20.9 Å². The summed E-state index contributed by atoms with van der Waals surface area (Å²) in [5.74, 6) is -0.248. The smallest absolute Gasteiger partial charge is 0.368 e. The van der Waals surface area contributed by atoms with Gasteiger partial charge in [-0.2, -0.15) is 13.2 Å². The number of nitrogens with one attached hydrogen (secondary N) is 3. The maximum atomic E-state index is 14.4. The second-order valence-corrected chi connectivity index (χ2v) is 12.0. The van der Waals surface area contributed by atoms with Gasteiger partial charge in [-0.15, -0.1) is 12.4 Å². The fourth-order valence-corrected chi connectivity index (χ4v) is 5.31. The number of para-hydroxylation sites is 1. The number of aromatic nitrogens is 2. The van der Waals surface area contributed by atoms with Crippen LogP contribution in [0, 0.1) is 5.41 Å². The van der Waals surface area contributed by atoms with E-state index in [-0.39, 0.29) is 29.7 Å². The van der Waals surface area contributed by atoms with Crippen molar-refractivity contribution in [3.63, 3.8) is 0 Å². The molecule has 1 aliphatic heterocycles. The van der Waals surface area contributed by atoms with E-state index in [0.717, 1.165) is 28.1 Å². The van der Waals surface area contributed by atoms with E-state index in [4.69, 9.17) is 0 Å². The Morgan fingerprint density at radius 1 is 0.867 bits per heavy atom. The zero-order valence-corrected chi connectivity index (χ0v) is 25.9. The number of benzene rings is 3. The maximum absolute atomic E-state index is 14.4. The highest BCUT2D eigenvalue weighted by atomic mass is 35.5. The summed E-state index contributed by atoms with van der Waals surface area (Å²) in [6.45, 7) is 7.58. The second kappa shape index (κ2) is 12.5. The molecule has 0 radical (unpaired) electrons. The Labute approximate surface area is 265 Å². The molecule has 0 spiro atoms. The van der Waals surface area contributed by atoms with E-state index in [1.165, 1.54) is 12.3 Å². The van der Waals surface area contributed by atoms with Crippen LogP contribution in [0.15, 0.2) is 79.1 Å². The van der Waals surface area contributed by atoms with Gasteiger partial charge in [0.15, 0.2) is 0 Å². The monoisotopic (exact) mass is 634 g/mol. The zero-order valence-electron chi connectivity index (χ0n) is 25.1. The third kappa shape index (κ3) is 6.82. The van der Waals surface area contributed by atoms with Crippen LogP contribution in [0.3, 0.4) is 0 Å². The molecule has 0 unspecified atom stereocenters. The Balaban J connectivity index is 0.00000400. The van der Waals surface area contributed by atoms with Gasteiger partial charge in [0, 0.05) is 65.5 Å². The number of amides is 1. The molecule has 0 atom stereocenters. The third-order valence-electron chi connectivity index (χ3n) is 7.75. The Kier molecular flexibility index (Phi) is 8.91. The van der Waals surface area contributed by atoms with Crippen molar-refractivity contribution in [2.75, 3.05) is 41.7 Å². The van der Waals surface area contributed by atoms with E-state index in [1.54, 1.807) is 37.9 Å². The highest BCUT2D eigenvalue weighted by molar-refractivity contribution is 6.06. The van der Waals surface area contributed by atoms with Crippen molar-refractivity contribution < 1.29 is 18.0 Å². The van der Waals surface area contributed by atoms with Gasteiger partial charge in [0.05, 0.1) is 34.2 Å². The van der Waals surface area contributed by atoms with E-state index in [0.29, 0.717) is 48.5 Å². The number of hydrogen-bond donors (Lipinski definition) is 3. The van der Waals surface area contributed by atoms with E-state index in [2.05, 4.69) is 25.9 Å². The summed E-state index contributed by atoms with van der Waals surface area (Å²) in [4.78, 5) is 24.0. The Morgan fingerprint density at radius 2 is 1.60 bits per heavy atom. The Hall–Kier alpha value is -4.41. The quantitative estimate of drug-likeness (QED) is 0.182. The average molecular weight is 635 g/mol. The molecule has 7 nitrogen and oxygen atoms in total. The standard InChI is InChI=1S/C34H33F3N6O.ClH/c1-33(2,3)32(44)42-29-20-40-28-10-8-21(23-16-22-6-4-5-7-27(22)39-19-23)17-25(28)31(29)41-24-9-11-30(26(18-24)34(35,36)37)43-14-12-38-13-15-43;/h4-11,16-20,38H,12-15H2,1-3H3,(H,40,41)(H,42,44);1H. The van der Waals surface area contributed by atoms with Gasteiger partial charge in [0.2, 0.25) is 5.91 Å². The van der Waals surface area contributed by atoms with Crippen LogP contribution in [0.25, 0.3) is 32.9 Å². The number of rotatable bonds is 5. The van der Waals surface area contributed by atoms with Gasteiger partial charge in [0.1, 0.15) is 0 Å². The molecule has 2 aromatic heterocycles. The maximum Gasteiger partial charge on any atom is 0.418 e. The van der Waals surface area contributed by atoms with Gasteiger partial charge in [0.25, 0.3) is 0 Å². The summed E-state index contributed by atoms with van der Waals surface area (Å²) in [6, 6.07) is 19.9. The number of pyridine rings is 2. The van der Waals surface area contributed by atoms with Crippen molar-refractivity contribution in [1.29, 1.82) is 0 Å². The molecule has 234 valence electrons. The number of hydrogen-bond acceptors (Lipinski definition) is 6. The van der Waals surface area contributed by atoms with Crippen LogP contribution in [-0.4, -0.2) is 42.1 Å². The first-order chi connectivity index (χ1) is 21.0. The topological polar surface area (TPSA) is 82.2 Å². The normalized spacial score (nSPS) is 13.9. The number of nitrogens with zero attached hydrogens (tertiary/aromatic N) is 3. The van der Waals surface area contributed by atoms with Crippen LogP contribution in [0.2, 0.25) is 0 Å². The molecule has 11 heteroatoms. The summed E-state index contributed by atoms with van der Waals surface area (Å²) in [6.07, 6.45) is -1.23. The molecule has 3 heterocycles. The minimum Gasteiger partial charge on any atom is -0.368 e. The average Bonchev–Trinajstić information content (AvgIpc) is 3.01. The summed E-state index contributed by atoms with van der Waals surface area (Å²) in [5, 5.41) is 11.0. The molecule has 3 aromatic carbocycles. The van der Waals surface area contributed by atoms with E-state index in [9.17, 15) is 18.0 Å². The lowest BCUT2D eigenvalue weighted by Crippen LogP contribution is -2.44. The molecule has 5 aromatic rings. The lowest BCUT2D eigenvalue weighted by Gasteiger charge is -2.32. The summed E-state index contributed by atoms with van der Waals surface area (Å²) < 4.78 is 43.1. The molecular weight excluding hydrogens is 601 g/mol. The molecule has 3 N–H and O–H groups in total. The molecule has 0 saturated carbocycles. The SMILES string of the molecule is CC(C)(C)C(=O)Nc1cnc2ccc(-c3cnc4ccccc4c3)cc2c1Nc1ccc(N2CCNCC2)c(C(F)(F)F)c1.Cl. The van der Waals surface area contributed by atoms with Gasteiger partial charge in [-0.1, -0.05) is 45.0 Å². The van der Waals surface area contributed by atoms with Gasteiger partial charge in [-0.25, -0.2) is 0 Å². The minimum absolute atomic E-state index is 0. The molecule has 1 saturated heterocycles. The number of fused-ring (bicyclic) bond motifs is 2. The molecular formula is C34H34ClF3N6O. The van der Waals surface area contributed by atoms with E-state index >= 15 is 0 Å². The van der Waals surface area contributed by atoms with Gasteiger partial charge < -0.3 is 20.9 Å². The van der Waals surface area contributed by atoms with Crippen molar-refractivity contribution in [2.24, 2.45) is 5.41 Å². The molecule has 1 aliphatic rings. The first-order valence-corrected chi connectivity index (χ1v) is 14.5. The lowest BCUT2D eigenvalue weighted by atomic mass is 9.95. The number of piperazine rings is 1. The predicted molar refractivity (Wildman–Crippen MR) is 178 cm³/mol. The fraction of sp³-hybridized carbons (Fsp3) is 0.265. The largest absolute Gasteiger partial charge is 0.418 e.